The van der Waals surface area contributed by atoms with Crippen LogP contribution in [-0.2, 0) is 14.3 Å². The maximum atomic E-state index is 12.5. The van der Waals surface area contributed by atoms with Gasteiger partial charge in [0.25, 0.3) is 5.91 Å². The monoisotopic (exact) mass is 413 g/mol. The lowest BCUT2D eigenvalue weighted by Gasteiger charge is -2.26. The summed E-state index contributed by atoms with van der Waals surface area (Å²) in [7, 11) is 0. The van der Waals surface area contributed by atoms with E-state index in [9.17, 15) is 19.5 Å². The second kappa shape index (κ2) is 9.78. The maximum absolute atomic E-state index is 12.5. The highest BCUT2D eigenvalue weighted by molar-refractivity contribution is 6.02. The number of rotatable bonds is 8. The van der Waals surface area contributed by atoms with Crippen molar-refractivity contribution in [3.63, 3.8) is 0 Å². The van der Waals surface area contributed by atoms with Crippen LogP contribution in [0.4, 0.5) is 0 Å². The van der Waals surface area contributed by atoms with Crippen LogP contribution in [0.3, 0.4) is 0 Å². The molecule has 1 aliphatic heterocycles. The number of nitrogens with one attached hydrogen (secondary N) is 1. The molecule has 8 heteroatoms. The molecule has 30 heavy (non-hydrogen) atoms. The first-order chi connectivity index (χ1) is 14.5. The van der Waals surface area contributed by atoms with Crippen molar-refractivity contribution >= 4 is 17.7 Å². The summed E-state index contributed by atoms with van der Waals surface area (Å²) in [6.45, 7) is 1.80. The van der Waals surface area contributed by atoms with Crippen LogP contribution >= 0.6 is 0 Å². The number of phenolic OH excluding ortho intramolecular Hbond substituents is 1. The summed E-state index contributed by atoms with van der Waals surface area (Å²) in [5.41, 5.74) is 0.955. The number of ether oxygens (including phenoxy) is 3. The zero-order chi connectivity index (χ0) is 21.5. The molecule has 2 N–H and O–H groups in total. The minimum atomic E-state index is -0.466. The van der Waals surface area contributed by atoms with Gasteiger partial charge in [0.2, 0.25) is 0 Å². The molecule has 0 bridgehead atoms. The van der Waals surface area contributed by atoms with Crippen molar-refractivity contribution < 1.29 is 33.7 Å². The van der Waals surface area contributed by atoms with Crippen molar-refractivity contribution in [1.82, 2.24) is 5.32 Å². The zero-order valence-electron chi connectivity index (χ0n) is 16.6. The molecule has 1 amide bonds. The minimum absolute atomic E-state index is 0.0655. The van der Waals surface area contributed by atoms with Gasteiger partial charge in [-0.05, 0) is 12.5 Å². The molecular formula is C22H23NO7. The lowest BCUT2D eigenvalue weighted by Crippen LogP contribution is -2.31. The van der Waals surface area contributed by atoms with Crippen LogP contribution in [0, 0.1) is 0 Å². The zero-order valence-corrected chi connectivity index (χ0v) is 16.6. The highest BCUT2D eigenvalue weighted by Gasteiger charge is 2.30. The molecule has 158 valence electrons. The number of carbonyl (C=O) groups excluding carboxylic acids is 3. The number of carbonyl (C=O) groups is 3. The van der Waals surface area contributed by atoms with Gasteiger partial charge in [0, 0.05) is 18.7 Å². The van der Waals surface area contributed by atoms with Crippen molar-refractivity contribution in [3.8, 4) is 17.2 Å². The van der Waals surface area contributed by atoms with Gasteiger partial charge in [-0.25, -0.2) is 0 Å². The predicted octanol–water partition coefficient (Wildman–Crippen LogP) is 2.55. The highest BCUT2D eigenvalue weighted by atomic mass is 16.5. The van der Waals surface area contributed by atoms with Gasteiger partial charge in [0.05, 0.1) is 19.4 Å². The Labute approximate surface area is 173 Å². The van der Waals surface area contributed by atoms with Gasteiger partial charge in [-0.2, -0.15) is 0 Å². The third-order valence-corrected chi connectivity index (χ3v) is 4.47. The van der Waals surface area contributed by atoms with Gasteiger partial charge in [-0.3, -0.25) is 14.4 Å². The summed E-state index contributed by atoms with van der Waals surface area (Å²) in [5, 5.41) is 12.8. The molecule has 1 unspecified atom stereocenters. The number of ketones is 1. The van der Waals surface area contributed by atoms with E-state index in [2.05, 4.69) is 5.32 Å². The van der Waals surface area contributed by atoms with Crippen molar-refractivity contribution in [2.75, 3.05) is 19.8 Å². The highest BCUT2D eigenvalue weighted by Crippen LogP contribution is 2.41. The average molecular weight is 413 g/mol. The van der Waals surface area contributed by atoms with Crippen LogP contribution in [-0.4, -0.2) is 42.5 Å². The number of aromatic hydroxyl groups is 1. The van der Waals surface area contributed by atoms with E-state index in [0.29, 0.717) is 0 Å². The van der Waals surface area contributed by atoms with E-state index >= 15 is 0 Å². The molecule has 0 saturated carbocycles. The van der Waals surface area contributed by atoms with Gasteiger partial charge in [0.1, 0.15) is 28.9 Å². The number of amides is 1. The number of benzene rings is 2. The van der Waals surface area contributed by atoms with E-state index in [4.69, 9.17) is 14.2 Å². The quantitative estimate of drug-likeness (QED) is 0.640. The molecule has 1 aliphatic rings. The topological polar surface area (TPSA) is 111 Å². The summed E-state index contributed by atoms with van der Waals surface area (Å²) in [6, 6.07) is 12.1. The van der Waals surface area contributed by atoms with E-state index < -0.39 is 18.0 Å². The van der Waals surface area contributed by atoms with Gasteiger partial charge >= 0.3 is 5.97 Å². The number of esters is 1. The van der Waals surface area contributed by atoms with E-state index in [1.54, 1.807) is 6.92 Å². The third kappa shape index (κ3) is 5.28. The lowest BCUT2D eigenvalue weighted by molar-refractivity contribution is -0.143. The van der Waals surface area contributed by atoms with Gasteiger partial charge in [0.15, 0.2) is 12.4 Å². The van der Waals surface area contributed by atoms with Crippen molar-refractivity contribution in [2.24, 2.45) is 0 Å². The van der Waals surface area contributed by atoms with Crippen molar-refractivity contribution in [2.45, 2.75) is 25.9 Å². The van der Waals surface area contributed by atoms with Crippen molar-refractivity contribution in [3.05, 3.63) is 53.6 Å². The molecule has 1 atom stereocenters. The average Bonchev–Trinajstić information content (AvgIpc) is 2.72. The number of hydrogen-bond donors (Lipinski definition) is 2. The smallest absolute Gasteiger partial charge is 0.307 e. The summed E-state index contributed by atoms with van der Waals surface area (Å²) in [4.78, 5) is 35.6. The fourth-order valence-corrected chi connectivity index (χ4v) is 3.09. The normalized spacial score (nSPS) is 15.0. The molecule has 2 aromatic carbocycles. The first kappa shape index (κ1) is 21.2. The SMILES string of the molecule is CCOC(=O)CCNC(=O)COc1cc(O)c2c(c1)OC(c1ccccc1)CC2=O. The molecule has 0 aliphatic carbocycles. The predicted molar refractivity (Wildman–Crippen MR) is 107 cm³/mol. The van der Waals surface area contributed by atoms with Crippen LogP contribution in [0.15, 0.2) is 42.5 Å². The lowest BCUT2D eigenvalue weighted by atomic mass is 9.95. The second-order valence-electron chi connectivity index (χ2n) is 6.65. The fraction of sp³-hybridized carbons (Fsp3) is 0.318. The van der Waals surface area contributed by atoms with Gasteiger partial charge < -0.3 is 24.6 Å². The number of Topliss-reactive ketones (excluding diaryl/α,β-unsaturated/α-hetero) is 1. The van der Waals surface area contributed by atoms with Gasteiger partial charge in [-0.15, -0.1) is 0 Å². The Bertz CT molecular complexity index is 927. The first-order valence-electron chi connectivity index (χ1n) is 9.65. The van der Waals surface area contributed by atoms with Crippen LogP contribution in [0.2, 0.25) is 0 Å². The molecular weight excluding hydrogens is 390 g/mol. The number of hydrogen-bond acceptors (Lipinski definition) is 7. The Kier molecular flexibility index (Phi) is 6.90. The summed E-state index contributed by atoms with van der Waals surface area (Å²) in [6.07, 6.45) is -0.282. The van der Waals surface area contributed by atoms with E-state index in [-0.39, 0.29) is 61.2 Å². The second-order valence-corrected chi connectivity index (χ2v) is 6.65. The van der Waals surface area contributed by atoms with Crippen LogP contribution in [0.1, 0.15) is 41.8 Å². The number of phenols is 1. The van der Waals surface area contributed by atoms with Crippen LogP contribution < -0.4 is 14.8 Å². The Morgan fingerprint density at radius 3 is 2.73 bits per heavy atom. The Hall–Kier alpha value is -3.55. The molecule has 3 rings (SSSR count). The summed E-state index contributed by atoms with van der Waals surface area (Å²) in [5.74, 6) is -0.928. The molecule has 0 fully saturated rings. The van der Waals surface area contributed by atoms with E-state index in [1.807, 2.05) is 30.3 Å². The molecule has 0 aromatic heterocycles. The molecule has 0 saturated heterocycles. The Morgan fingerprint density at radius 1 is 1.23 bits per heavy atom. The third-order valence-electron chi connectivity index (χ3n) is 4.47. The molecule has 0 radical (unpaired) electrons. The largest absolute Gasteiger partial charge is 0.507 e. The van der Waals surface area contributed by atoms with Crippen LogP contribution in [0.5, 0.6) is 17.2 Å². The molecule has 0 spiro atoms. The summed E-state index contributed by atoms with van der Waals surface area (Å²) < 4.78 is 16.1. The van der Waals surface area contributed by atoms with Crippen LogP contribution in [0.25, 0.3) is 0 Å². The molecule has 8 nitrogen and oxygen atoms in total. The fourth-order valence-electron chi connectivity index (χ4n) is 3.09. The van der Waals surface area contributed by atoms with Gasteiger partial charge in [-0.1, -0.05) is 30.3 Å². The summed E-state index contributed by atoms with van der Waals surface area (Å²) >= 11 is 0. The van der Waals surface area contributed by atoms with Crippen molar-refractivity contribution in [1.29, 1.82) is 0 Å². The molecule has 2 aromatic rings. The minimum Gasteiger partial charge on any atom is -0.507 e. The molecule has 1 heterocycles. The maximum Gasteiger partial charge on any atom is 0.307 e. The van der Waals surface area contributed by atoms with E-state index in [1.165, 1.54) is 12.1 Å². The first-order valence-corrected chi connectivity index (χ1v) is 9.65. The Balaban J connectivity index is 1.61. The standard InChI is InChI=1S/C22H23NO7/c1-2-28-21(27)8-9-23-20(26)13-29-15-10-16(24)22-17(25)12-18(30-19(22)11-15)14-6-4-3-5-7-14/h3-7,10-11,18,24H,2,8-9,12-13H2,1H3,(H,23,26). The Morgan fingerprint density at radius 2 is 2.00 bits per heavy atom. The number of fused-ring (bicyclic) bond motifs is 1. The van der Waals surface area contributed by atoms with E-state index in [0.717, 1.165) is 5.56 Å².